The number of carboxylic acid groups (broad SMARTS) is 1. The fourth-order valence-corrected chi connectivity index (χ4v) is 2.02. The Hall–Kier alpha value is -1.51. The van der Waals surface area contributed by atoms with Crippen molar-refractivity contribution in [3.05, 3.63) is 28.8 Å². The topological polar surface area (TPSA) is 46.5 Å². The highest BCUT2D eigenvalue weighted by atomic mass is 16.5. The molecule has 1 N–H and O–H groups in total. The number of carbonyl (C=O) groups is 1. The first kappa shape index (κ1) is 13.6. The van der Waals surface area contributed by atoms with Crippen molar-refractivity contribution in [2.45, 2.75) is 34.1 Å². The number of hydrogen-bond acceptors (Lipinski definition) is 2. The highest BCUT2D eigenvalue weighted by Gasteiger charge is 2.29. The Balaban J connectivity index is 3.18. The zero-order valence-corrected chi connectivity index (χ0v) is 11.1. The van der Waals surface area contributed by atoms with Gasteiger partial charge in [-0.1, -0.05) is 17.7 Å². The first-order chi connectivity index (χ1) is 7.77. The predicted octanol–water partition coefficient (Wildman–Crippen LogP) is 2.97. The molecule has 94 valence electrons. The van der Waals surface area contributed by atoms with E-state index in [1.54, 1.807) is 21.0 Å². The molecular weight excluding hydrogens is 216 g/mol. The summed E-state index contributed by atoms with van der Waals surface area (Å²) in [5, 5.41) is 9.16. The molecule has 0 aliphatic rings. The minimum atomic E-state index is -0.793. The molecule has 3 nitrogen and oxygen atoms in total. The van der Waals surface area contributed by atoms with E-state index in [2.05, 4.69) is 0 Å². The zero-order chi connectivity index (χ0) is 13.2. The van der Waals surface area contributed by atoms with E-state index in [1.165, 1.54) is 0 Å². The van der Waals surface area contributed by atoms with E-state index in [9.17, 15) is 4.79 Å². The molecule has 0 amide bonds. The summed E-state index contributed by atoms with van der Waals surface area (Å²) in [6.07, 6.45) is 0.466. The molecule has 0 aliphatic carbocycles. The van der Waals surface area contributed by atoms with Crippen LogP contribution in [0.4, 0.5) is 0 Å². The highest BCUT2D eigenvalue weighted by Crippen LogP contribution is 2.31. The van der Waals surface area contributed by atoms with Crippen molar-refractivity contribution >= 4 is 5.97 Å². The van der Waals surface area contributed by atoms with Gasteiger partial charge in [-0.3, -0.25) is 4.79 Å². The summed E-state index contributed by atoms with van der Waals surface area (Å²) >= 11 is 0. The number of aryl methyl sites for hydroxylation is 2. The number of methoxy groups -OCH3 is 1. The Morgan fingerprint density at radius 1 is 1.35 bits per heavy atom. The van der Waals surface area contributed by atoms with Crippen LogP contribution < -0.4 is 4.74 Å². The van der Waals surface area contributed by atoms with Crippen LogP contribution in [0.1, 0.15) is 30.5 Å². The van der Waals surface area contributed by atoms with E-state index in [1.807, 2.05) is 26.0 Å². The van der Waals surface area contributed by atoms with Crippen LogP contribution in [0, 0.1) is 19.3 Å². The third-order valence-corrected chi connectivity index (χ3v) is 2.91. The van der Waals surface area contributed by atoms with Crippen molar-refractivity contribution < 1.29 is 14.6 Å². The monoisotopic (exact) mass is 236 g/mol. The van der Waals surface area contributed by atoms with Gasteiger partial charge in [0.25, 0.3) is 0 Å². The van der Waals surface area contributed by atoms with Gasteiger partial charge >= 0.3 is 5.97 Å². The molecule has 0 fully saturated rings. The van der Waals surface area contributed by atoms with Crippen molar-refractivity contribution in [2.75, 3.05) is 7.11 Å². The molecule has 17 heavy (non-hydrogen) atoms. The Bertz CT molecular complexity index is 433. The summed E-state index contributed by atoms with van der Waals surface area (Å²) < 4.78 is 5.36. The zero-order valence-electron chi connectivity index (χ0n) is 11.1. The molecule has 0 aliphatic heterocycles. The molecule has 0 unspecified atom stereocenters. The smallest absolute Gasteiger partial charge is 0.309 e. The van der Waals surface area contributed by atoms with Crippen molar-refractivity contribution in [3.63, 3.8) is 0 Å². The summed E-state index contributed by atoms with van der Waals surface area (Å²) in [5.41, 5.74) is 2.34. The fraction of sp³-hybridized carbons (Fsp3) is 0.500. The number of ether oxygens (including phenoxy) is 1. The maximum Gasteiger partial charge on any atom is 0.309 e. The van der Waals surface area contributed by atoms with Crippen LogP contribution in [0.3, 0.4) is 0 Å². The van der Waals surface area contributed by atoms with Crippen LogP contribution in [-0.4, -0.2) is 18.2 Å². The van der Waals surface area contributed by atoms with E-state index in [4.69, 9.17) is 9.84 Å². The second kappa shape index (κ2) is 4.78. The van der Waals surface area contributed by atoms with E-state index in [0.717, 1.165) is 22.4 Å². The van der Waals surface area contributed by atoms with Crippen LogP contribution in [0.15, 0.2) is 12.1 Å². The summed E-state index contributed by atoms with van der Waals surface area (Å²) in [6, 6.07) is 4.03. The van der Waals surface area contributed by atoms with Gasteiger partial charge in [0.2, 0.25) is 0 Å². The average molecular weight is 236 g/mol. The number of benzene rings is 1. The number of rotatable bonds is 4. The van der Waals surface area contributed by atoms with Crippen LogP contribution in [0.25, 0.3) is 0 Å². The third kappa shape index (κ3) is 2.99. The third-order valence-electron chi connectivity index (χ3n) is 2.91. The molecule has 0 aromatic heterocycles. The van der Waals surface area contributed by atoms with Gasteiger partial charge in [0.1, 0.15) is 5.75 Å². The lowest BCUT2D eigenvalue weighted by molar-refractivity contribution is -0.146. The molecule has 0 radical (unpaired) electrons. The van der Waals surface area contributed by atoms with Crippen LogP contribution >= 0.6 is 0 Å². The van der Waals surface area contributed by atoms with E-state index in [0.29, 0.717) is 6.42 Å². The van der Waals surface area contributed by atoms with E-state index < -0.39 is 11.4 Å². The number of aliphatic carboxylic acids is 1. The normalized spacial score (nSPS) is 11.4. The molecule has 1 aromatic carbocycles. The minimum Gasteiger partial charge on any atom is -0.496 e. The first-order valence-electron chi connectivity index (χ1n) is 5.65. The van der Waals surface area contributed by atoms with Crippen molar-refractivity contribution in [1.82, 2.24) is 0 Å². The second-order valence-corrected chi connectivity index (χ2v) is 5.14. The van der Waals surface area contributed by atoms with Crippen molar-refractivity contribution in [2.24, 2.45) is 5.41 Å². The lowest BCUT2D eigenvalue weighted by atomic mass is 9.84. The van der Waals surface area contributed by atoms with E-state index in [-0.39, 0.29) is 0 Å². The number of carboxylic acids is 1. The van der Waals surface area contributed by atoms with Gasteiger partial charge in [-0.2, -0.15) is 0 Å². The first-order valence-corrected chi connectivity index (χ1v) is 5.65. The maximum absolute atomic E-state index is 11.2. The predicted molar refractivity (Wildman–Crippen MR) is 67.6 cm³/mol. The van der Waals surface area contributed by atoms with Gasteiger partial charge in [-0.15, -0.1) is 0 Å². The van der Waals surface area contributed by atoms with Gasteiger partial charge in [-0.25, -0.2) is 0 Å². The molecule has 0 bridgehead atoms. The van der Waals surface area contributed by atoms with Crippen LogP contribution in [0.2, 0.25) is 0 Å². The highest BCUT2D eigenvalue weighted by molar-refractivity contribution is 5.74. The van der Waals surface area contributed by atoms with Gasteiger partial charge in [0, 0.05) is 0 Å². The SMILES string of the molecule is COc1c(C)cc(C)cc1CC(C)(C)C(=O)O. The van der Waals surface area contributed by atoms with Crippen molar-refractivity contribution in [1.29, 1.82) is 0 Å². The maximum atomic E-state index is 11.2. The molecule has 1 aromatic rings. The minimum absolute atomic E-state index is 0.466. The lowest BCUT2D eigenvalue weighted by Gasteiger charge is -2.21. The summed E-state index contributed by atoms with van der Waals surface area (Å²) in [7, 11) is 1.62. The van der Waals surface area contributed by atoms with Gasteiger partial charge in [0.15, 0.2) is 0 Å². The second-order valence-electron chi connectivity index (χ2n) is 5.14. The average Bonchev–Trinajstić information content (AvgIpc) is 2.15. The Morgan fingerprint density at radius 3 is 2.41 bits per heavy atom. The van der Waals surface area contributed by atoms with Crippen LogP contribution in [0.5, 0.6) is 5.75 Å². The molecule has 0 saturated heterocycles. The molecule has 0 spiro atoms. The number of hydrogen-bond donors (Lipinski definition) is 1. The quantitative estimate of drug-likeness (QED) is 0.874. The molecular formula is C14H20O3. The van der Waals surface area contributed by atoms with Gasteiger partial charge in [-0.05, 0) is 45.2 Å². The Kier molecular flexibility index (Phi) is 3.81. The largest absolute Gasteiger partial charge is 0.496 e. The Labute approximate surface area is 102 Å². The Morgan fingerprint density at radius 2 is 1.94 bits per heavy atom. The molecule has 0 heterocycles. The van der Waals surface area contributed by atoms with Gasteiger partial charge in [0.05, 0.1) is 12.5 Å². The standard InChI is InChI=1S/C14H20O3/c1-9-6-10(2)12(17-5)11(7-9)8-14(3,4)13(15)16/h6-7H,8H2,1-5H3,(H,15,16). The van der Waals surface area contributed by atoms with Gasteiger partial charge < -0.3 is 9.84 Å². The summed E-state index contributed by atoms with van der Waals surface area (Å²) in [4.78, 5) is 11.2. The molecule has 1 rings (SSSR count). The van der Waals surface area contributed by atoms with Crippen LogP contribution in [-0.2, 0) is 11.2 Å². The molecule has 3 heteroatoms. The summed E-state index contributed by atoms with van der Waals surface area (Å²) in [6.45, 7) is 7.44. The summed E-state index contributed by atoms with van der Waals surface area (Å²) in [5.74, 6) is 0.00337. The molecule has 0 atom stereocenters. The molecule has 0 saturated carbocycles. The lowest BCUT2D eigenvalue weighted by Crippen LogP contribution is -2.26. The van der Waals surface area contributed by atoms with E-state index >= 15 is 0 Å². The fourth-order valence-electron chi connectivity index (χ4n) is 2.02. The van der Waals surface area contributed by atoms with Crippen molar-refractivity contribution in [3.8, 4) is 5.75 Å².